The molecule has 2 nitrogen and oxygen atoms in total. The minimum Gasteiger partial charge on any atom is -0.387 e. The zero-order chi connectivity index (χ0) is 11.4. The molecule has 1 aliphatic rings. The molecule has 1 aromatic carbocycles. The van der Waals surface area contributed by atoms with Crippen molar-refractivity contribution in [3.8, 4) is 0 Å². The number of hydrogen-bond donors (Lipinski definition) is 2. The maximum Gasteiger partial charge on any atom is 0.0914 e. The van der Waals surface area contributed by atoms with Gasteiger partial charge in [0.1, 0.15) is 0 Å². The molecule has 0 bridgehead atoms. The molecule has 0 spiro atoms. The lowest BCUT2D eigenvalue weighted by atomic mass is 10.0. The summed E-state index contributed by atoms with van der Waals surface area (Å²) in [7, 11) is 0. The van der Waals surface area contributed by atoms with Crippen LogP contribution in [0.1, 0.15) is 37.9 Å². The first-order valence-electron chi connectivity index (χ1n) is 6.19. The van der Waals surface area contributed by atoms with Gasteiger partial charge in [-0.05, 0) is 30.2 Å². The predicted molar refractivity (Wildman–Crippen MR) is 66.2 cm³/mol. The molecule has 0 radical (unpaired) electrons. The zero-order valence-electron chi connectivity index (χ0n) is 9.95. The van der Waals surface area contributed by atoms with Crippen molar-refractivity contribution < 1.29 is 5.11 Å². The highest BCUT2D eigenvalue weighted by atomic mass is 16.3. The summed E-state index contributed by atoms with van der Waals surface area (Å²) < 4.78 is 0. The number of rotatable bonds is 6. The van der Waals surface area contributed by atoms with Crippen LogP contribution in [0.25, 0.3) is 0 Å². The molecule has 88 valence electrons. The first-order valence-corrected chi connectivity index (χ1v) is 6.19. The second-order valence-electron chi connectivity index (χ2n) is 4.91. The van der Waals surface area contributed by atoms with Gasteiger partial charge in [0.2, 0.25) is 0 Å². The number of benzene rings is 1. The topological polar surface area (TPSA) is 32.3 Å². The molecule has 1 aliphatic carbocycles. The fraction of sp³-hybridized carbons (Fsp3) is 0.571. The van der Waals surface area contributed by atoms with E-state index < -0.39 is 0 Å². The summed E-state index contributed by atoms with van der Waals surface area (Å²) in [5, 5.41) is 13.3. The summed E-state index contributed by atoms with van der Waals surface area (Å²) in [6.07, 6.45) is 3.56. The monoisotopic (exact) mass is 219 g/mol. The van der Waals surface area contributed by atoms with Crippen LogP contribution in [0.4, 0.5) is 0 Å². The Kier molecular flexibility index (Phi) is 3.62. The summed E-state index contributed by atoms with van der Waals surface area (Å²) >= 11 is 0. The van der Waals surface area contributed by atoms with Gasteiger partial charge in [-0.15, -0.1) is 0 Å². The third-order valence-electron chi connectivity index (χ3n) is 3.73. The van der Waals surface area contributed by atoms with Crippen molar-refractivity contribution in [2.45, 2.75) is 32.3 Å². The lowest BCUT2D eigenvalue weighted by Gasteiger charge is -2.16. The van der Waals surface area contributed by atoms with E-state index in [-0.39, 0.29) is 6.10 Å². The summed E-state index contributed by atoms with van der Waals surface area (Å²) in [6, 6.07) is 9.85. The van der Waals surface area contributed by atoms with Crippen LogP contribution in [0.2, 0.25) is 0 Å². The molecular formula is C14H21NO. The van der Waals surface area contributed by atoms with Gasteiger partial charge in [-0.3, -0.25) is 0 Å². The maximum atomic E-state index is 9.95. The molecule has 0 aliphatic heterocycles. The first-order chi connectivity index (χ1) is 7.76. The maximum absolute atomic E-state index is 9.95. The molecule has 16 heavy (non-hydrogen) atoms. The van der Waals surface area contributed by atoms with Gasteiger partial charge in [-0.25, -0.2) is 0 Å². The third-order valence-corrected chi connectivity index (χ3v) is 3.73. The van der Waals surface area contributed by atoms with Gasteiger partial charge in [0, 0.05) is 13.1 Å². The van der Waals surface area contributed by atoms with Gasteiger partial charge in [0.25, 0.3) is 0 Å². The second kappa shape index (κ2) is 4.98. The van der Waals surface area contributed by atoms with E-state index in [1.807, 2.05) is 30.3 Å². The van der Waals surface area contributed by atoms with E-state index in [2.05, 4.69) is 12.2 Å². The zero-order valence-corrected chi connectivity index (χ0v) is 9.95. The number of aliphatic hydroxyl groups is 1. The smallest absolute Gasteiger partial charge is 0.0914 e. The Morgan fingerprint density at radius 3 is 2.56 bits per heavy atom. The van der Waals surface area contributed by atoms with Crippen LogP contribution >= 0.6 is 0 Å². The minimum atomic E-state index is -0.381. The van der Waals surface area contributed by atoms with Gasteiger partial charge >= 0.3 is 0 Å². The third kappa shape index (κ3) is 2.83. The Hall–Kier alpha value is -0.860. The largest absolute Gasteiger partial charge is 0.387 e. The molecule has 1 saturated carbocycles. The van der Waals surface area contributed by atoms with E-state index in [1.165, 1.54) is 19.3 Å². The van der Waals surface area contributed by atoms with Crippen LogP contribution in [0.3, 0.4) is 0 Å². The standard InChI is InChI=1S/C14H21NO/c1-2-14(8-9-14)11-15-10-13(16)12-6-4-3-5-7-12/h3-7,13,15-16H,2,8-11H2,1H3. The molecule has 1 fully saturated rings. The molecule has 0 heterocycles. The van der Waals surface area contributed by atoms with Gasteiger partial charge < -0.3 is 10.4 Å². The SMILES string of the molecule is CCC1(CNCC(O)c2ccccc2)CC1. The van der Waals surface area contributed by atoms with Crippen LogP contribution in [0.5, 0.6) is 0 Å². The first kappa shape index (κ1) is 11.6. The summed E-state index contributed by atoms with van der Waals surface area (Å²) in [5.74, 6) is 0. The molecule has 1 atom stereocenters. The van der Waals surface area contributed by atoms with Crippen molar-refractivity contribution in [2.75, 3.05) is 13.1 Å². The van der Waals surface area contributed by atoms with E-state index in [0.717, 1.165) is 12.1 Å². The molecule has 0 saturated heterocycles. The summed E-state index contributed by atoms with van der Waals surface area (Å²) in [4.78, 5) is 0. The predicted octanol–water partition coefficient (Wildman–Crippen LogP) is 2.50. The highest BCUT2D eigenvalue weighted by molar-refractivity contribution is 5.17. The molecule has 2 rings (SSSR count). The highest BCUT2D eigenvalue weighted by Gasteiger charge is 2.39. The van der Waals surface area contributed by atoms with Gasteiger partial charge in [0.05, 0.1) is 6.10 Å². The van der Waals surface area contributed by atoms with Crippen molar-refractivity contribution in [3.05, 3.63) is 35.9 Å². The fourth-order valence-electron chi connectivity index (χ4n) is 2.10. The van der Waals surface area contributed by atoms with E-state index in [4.69, 9.17) is 0 Å². The van der Waals surface area contributed by atoms with Gasteiger partial charge in [-0.1, -0.05) is 37.3 Å². The number of nitrogens with one attached hydrogen (secondary N) is 1. The molecule has 1 aromatic rings. The van der Waals surface area contributed by atoms with Crippen molar-refractivity contribution >= 4 is 0 Å². The lowest BCUT2D eigenvalue weighted by Crippen LogP contribution is -2.28. The van der Waals surface area contributed by atoms with E-state index in [1.54, 1.807) is 0 Å². The van der Waals surface area contributed by atoms with Crippen LogP contribution in [0, 0.1) is 5.41 Å². The Morgan fingerprint density at radius 1 is 1.31 bits per heavy atom. The Morgan fingerprint density at radius 2 is 2.00 bits per heavy atom. The molecule has 1 unspecified atom stereocenters. The van der Waals surface area contributed by atoms with E-state index in [9.17, 15) is 5.11 Å². The lowest BCUT2D eigenvalue weighted by molar-refractivity contribution is 0.171. The van der Waals surface area contributed by atoms with Gasteiger partial charge in [-0.2, -0.15) is 0 Å². The van der Waals surface area contributed by atoms with Gasteiger partial charge in [0.15, 0.2) is 0 Å². The average Bonchev–Trinajstić information content (AvgIpc) is 3.11. The van der Waals surface area contributed by atoms with Crippen molar-refractivity contribution in [2.24, 2.45) is 5.41 Å². The molecular weight excluding hydrogens is 198 g/mol. The molecule has 2 N–H and O–H groups in total. The van der Waals surface area contributed by atoms with Crippen LogP contribution in [0.15, 0.2) is 30.3 Å². The minimum absolute atomic E-state index is 0.381. The Labute approximate surface area is 97.7 Å². The molecule has 0 amide bonds. The van der Waals surface area contributed by atoms with Crippen molar-refractivity contribution in [1.82, 2.24) is 5.32 Å². The molecule has 2 heteroatoms. The van der Waals surface area contributed by atoms with Crippen molar-refractivity contribution in [3.63, 3.8) is 0 Å². The quantitative estimate of drug-likeness (QED) is 0.770. The highest BCUT2D eigenvalue weighted by Crippen LogP contribution is 2.47. The average molecular weight is 219 g/mol. The van der Waals surface area contributed by atoms with E-state index >= 15 is 0 Å². The Bertz CT molecular complexity index is 319. The second-order valence-corrected chi connectivity index (χ2v) is 4.91. The fourth-order valence-corrected chi connectivity index (χ4v) is 2.10. The van der Waals surface area contributed by atoms with E-state index in [0.29, 0.717) is 12.0 Å². The number of hydrogen-bond acceptors (Lipinski definition) is 2. The molecule has 0 aromatic heterocycles. The Balaban J connectivity index is 1.74. The van der Waals surface area contributed by atoms with Crippen LogP contribution in [-0.4, -0.2) is 18.2 Å². The normalized spacial score (nSPS) is 19.4. The number of aliphatic hydroxyl groups excluding tert-OH is 1. The summed E-state index contributed by atoms with van der Waals surface area (Å²) in [6.45, 7) is 3.96. The van der Waals surface area contributed by atoms with Crippen LogP contribution in [-0.2, 0) is 0 Å². The summed E-state index contributed by atoms with van der Waals surface area (Å²) in [5.41, 5.74) is 1.55. The van der Waals surface area contributed by atoms with Crippen molar-refractivity contribution in [1.29, 1.82) is 0 Å². The van der Waals surface area contributed by atoms with Crippen LogP contribution < -0.4 is 5.32 Å².